The van der Waals surface area contributed by atoms with Crippen molar-refractivity contribution in [2.45, 2.75) is 19.9 Å². The summed E-state index contributed by atoms with van der Waals surface area (Å²) in [5.41, 5.74) is 0.420. The van der Waals surface area contributed by atoms with Crippen molar-refractivity contribution in [3.63, 3.8) is 0 Å². The third kappa shape index (κ3) is 3.92. The summed E-state index contributed by atoms with van der Waals surface area (Å²) in [5.74, 6) is -0.729. The minimum atomic E-state index is -0.486. The Morgan fingerprint density at radius 1 is 1.43 bits per heavy atom. The van der Waals surface area contributed by atoms with Gasteiger partial charge in [-0.1, -0.05) is 6.92 Å². The molecule has 5 nitrogen and oxygen atoms in total. The topological polar surface area (TPSA) is 59.6 Å². The maximum Gasteiger partial charge on any atom is 0.231 e. The highest BCUT2D eigenvalue weighted by molar-refractivity contribution is 5.93. The second-order valence-electron chi connectivity index (χ2n) is 4.88. The summed E-state index contributed by atoms with van der Waals surface area (Å²) < 4.78 is 24.2. The van der Waals surface area contributed by atoms with E-state index >= 15 is 0 Å². The van der Waals surface area contributed by atoms with Gasteiger partial charge in [0.15, 0.2) is 11.6 Å². The summed E-state index contributed by atoms with van der Waals surface area (Å²) in [5, 5.41) is 5.95. The highest BCUT2D eigenvalue weighted by Gasteiger charge is 2.33. The summed E-state index contributed by atoms with van der Waals surface area (Å²) in [6.07, 6.45) is 0. The van der Waals surface area contributed by atoms with Crippen LogP contribution < -0.4 is 15.4 Å². The maximum absolute atomic E-state index is 13.7. The Morgan fingerprint density at radius 2 is 2.24 bits per heavy atom. The summed E-state index contributed by atoms with van der Waals surface area (Å²) in [7, 11) is 0. The number of nitrogens with one attached hydrogen (secondary N) is 2. The lowest BCUT2D eigenvalue weighted by atomic mass is 10.0. The van der Waals surface area contributed by atoms with Gasteiger partial charge in [-0.05, 0) is 25.6 Å². The van der Waals surface area contributed by atoms with E-state index < -0.39 is 5.82 Å². The first-order valence-electron chi connectivity index (χ1n) is 7.20. The van der Waals surface area contributed by atoms with Crippen molar-refractivity contribution in [2.24, 2.45) is 5.92 Å². The van der Waals surface area contributed by atoms with Gasteiger partial charge in [0.05, 0.1) is 25.7 Å². The number of halogens is 1. The van der Waals surface area contributed by atoms with Crippen LogP contribution >= 0.6 is 0 Å². The Balaban J connectivity index is 2.00. The number of hydrogen-bond donors (Lipinski definition) is 2. The Morgan fingerprint density at radius 3 is 2.90 bits per heavy atom. The van der Waals surface area contributed by atoms with Crippen LogP contribution in [0, 0.1) is 11.7 Å². The van der Waals surface area contributed by atoms with Crippen LogP contribution in [0.15, 0.2) is 18.2 Å². The molecule has 0 spiro atoms. The summed E-state index contributed by atoms with van der Waals surface area (Å²) in [6.45, 7) is 5.83. The van der Waals surface area contributed by atoms with Crippen LogP contribution in [0.25, 0.3) is 0 Å². The van der Waals surface area contributed by atoms with Crippen molar-refractivity contribution >= 4 is 11.6 Å². The zero-order valence-corrected chi connectivity index (χ0v) is 12.3. The van der Waals surface area contributed by atoms with E-state index in [1.807, 2.05) is 6.92 Å². The minimum absolute atomic E-state index is 0.00236. The lowest BCUT2D eigenvalue weighted by Crippen LogP contribution is -2.41. The first kappa shape index (κ1) is 15.7. The average molecular weight is 296 g/mol. The first-order chi connectivity index (χ1) is 10.2. The molecule has 2 N–H and O–H groups in total. The molecule has 2 rings (SSSR count). The Labute approximate surface area is 123 Å². The Bertz CT molecular complexity index is 496. The van der Waals surface area contributed by atoms with Gasteiger partial charge in [-0.3, -0.25) is 4.79 Å². The molecule has 0 saturated carbocycles. The number of benzene rings is 1. The molecule has 0 bridgehead atoms. The minimum Gasteiger partial charge on any atom is -0.491 e. The van der Waals surface area contributed by atoms with E-state index in [-0.39, 0.29) is 23.6 Å². The Hall–Kier alpha value is -1.66. The van der Waals surface area contributed by atoms with Crippen molar-refractivity contribution < 1.29 is 18.7 Å². The first-order valence-corrected chi connectivity index (χ1v) is 7.20. The number of carbonyl (C=O) groups excluding carboxylic acids is 1. The van der Waals surface area contributed by atoms with Crippen LogP contribution in [0.3, 0.4) is 0 Å². The fourth-order valence-corrected chi connectivity index (χ4v) is 2.36. The zero-order chi connectivity index (χ0) is 15.2. The molecule has 0 aliphatic carbocycles. The van der Waals surface area contributed by atoms with Gasteiger partial charge < -0.3 is 20.1 Å². The van der Waals surface area contributed by atoms with Gasteiger partial charge in [0.25, 0.3) is 0 Å². The molecule has 1 aliphatic heterocycles. The van der Waals surface area contributed by atoms with Gasteiger partial charge >= 0.3 is 0 Å². The molecular weight excluding hydrogens is 275 g/mol. The third-order valence-electron chi connectivity index (χ3n) is 3.38. The number of amides is 1. The van der Waals surface area contributed by atoms with E-state index in [2.05, 4.69) is 10.6 Å². The van der Waals surface area contributed by atoms with E-state index in [0.717, 1.165) is 6.54 Å². The van der Waals surface area contributed by atoms with E-state index in [4.69, 9.17) is 9.47 Å². The predicted octanol–water partition coefficient (Wildman–Crippen LogP) is 1.79. The molecule has 1 aromatic rings. The van der Waals surface area contributed by atoms with Gasteiger partial charge in [-0.25, -0.2) is 4.39 Å². The average Bonchev–Trinajstić information content (AvgIpc) is 2.91. The van der Waals surface area contributed by atoms with Gasteiger partial charge in [-0.15, -0.1) is 0 Å². The van der Waals surface area contributed by atoms with Crippen molar-refractivity contribution in [1.82, 2.24) is 5.32 Å². The highest BCUT2D eigenvalue weighted by Crippen LogP contribution is 2.22. The van der Waals surface area contributed by atoms with E-state index in [0.29, 0.717) is 25.5 Å². The number of rotatable bonds is 6. The van der Waals surface area contributed by atoms with Crippen molar-refractivity contribution in [3.8, 4) is 5.75 Å². The number of likely N-dealkylation sites (N-methyl/N-ethyl adjacent to an activating group) is 1. The molecule has 1 aromatic carbocycles. The van der Waals surface area contributed by atoms with Crippen LogP contribution in [0.4, 0.5) is 10.1 Å². The molecule has 6 heteroatoms. The fourth-order valence-electron chi connectivity index (χ4n) is 2.36. The van der Waals surface area contributed by atoms with Crippen LogP contribution in [-0.2, 0) is 9.53 Å². The smallest absolute Gasteiger partial charge is 0.231 e. The largest absolute Gasteiger partial charge is 0.491 e. The summed E-state index contributed by atoms with van der Waals surface area (Å²) >= 11 is 0. The molecule has 116 valence electrons. The molecule has 0 radical (unpaired) electrons. The summed E-state index contributed by atoms with van der Waals surface area (Å²) in [4.78, 5) is 12.2. The molecule has 1 fully saturated rings. The van der Waals surface area contributed by atoms with Gasteiger partial charge in [0.1, 0.15) is 0 Å². The molecule has 21 heavy (non-hydrogen) atoms. The number of hydrogen-bond acceptors (Lipinski definition) is 4. The second kappa shape index (κ2) is 7.38. The van der Waals surface area contributed by atoms with Crippen molar-refractivity contribution in [1.29, 1.82) is 0 Å². The molecule has 1 heterocycles. The van der Waals surface area contributed by atoms with Crippen molar-refractivity contribution in [3.05, 3.63) is 24.0 Å². The SMILES string of the molecule is CCNC1COCC1C(=O)Nc1ccc(OCC)c(F)c1. The van der Waals surface area contributed by atoms with Crippen LogP contribution in [0.5, 0.6) is 5.75 Å². The van der Waals surface area contributed by atoms with Crippen LogP contribution in [0.2, 0.25) is 0 Å². The number of ether oxygens (including phenoxy) is 2. The van der Waals surface area contributed by atoms with Crippen LogP contribution in [0.1, 0.15) is 13.8 Å². The van der Waals surface area contributed by atoms with E-state index in [9.17, 15) is 9.18 Å². The standard InChI is InChI=1S/C15H21FN2O3/c1-3-17-13-9-20-8-11(13)15(19)18-10-5-6-14(21-4-2)12(16)7-10/h5-7,11,13,17H,3-4,8-9H2,1-2H3,(H,18,19). The van der Waals surface area contributed by atoms with Crippen LogP contribution in [-0.4, -0.2) is 38.3 Å². The lowest BCUT2D eigenvalue weighted by molar-refractivity contribution is -0.120. The van der Waals surface area contributed by atoms with Gasteiger partial charge in [0.2, 0.25) is 5.91 Å². The molecule has 2 atom stereocenters. The normalized spacial score (nSPS) is 21.3. The van der Waals surface area contributed by atoms with Gasteiger partial charge in [0, 0.05) is 17.8 Å². The van der Waals surface area contributed by atoms with Crippen molar-refractivity contribution in [2.75, 3.05) is 31.7 Å². The quantitative estimate of drug-likeness (QED) is 0.840. The Kier molecular flexibility index (Phi) is 5.52. The molecular formula is C15H21FN2O3. The lowest BCUT2D eigenvalue weighted by Gasteiger charge is -2.18. The van der Waals surface area contributed by atoms with Gasteiger partial charge in [-0.2, -0.15) is 0 Å². The second-order valence-corrected chi connectivity index (χ2v) is 4.88. The van der Waals surface area contributed by atoms with E-state index in [1.54, 1.807) is 13.0 Å². The monoisotopic (exact) mass is 296 g/mol. The fraction of sp³-hybridized carbons (Fsp3) is 0.533. The third-order valence-corrected chi connectivity index (χ3v) is 3.38. The number of anilines is 1. The van der Waals surface area contributed by atoms with E-state index in [1.165, 1.54) is 12.1 Å². The molecule has 1 saturated heterocycles. The summed E-state index contributed by atoms with van der Waals surface area (Å²) in [6, 6.07) is 4.41. The molecule has 1 aliphatic rings. The highest BCUT2D eigenvalue weighted by atomic mass is 19.1. The molecule has 1 amide bonds. The maximum atomic E-state index is 13.7. The zero-order valence-electron chi connectivity index (χ0n) is 12.3. The number of carbonyl (C=O) groups is 1. The molecule has 2 unspecified atom stereocenters. The molecule has 0 aromatic heterocycles. The predicted molar refractivity (Wildman–Crippen MR) is 78.0 cm³/mol.